The number of fused-ring (bicyclic) bond motifs is 1. The zero-order valence-corrected chi connectivity index (χ0v) is 15.8. The molecule has 0 spiro atoms. The molecular weight excluding hydrogens is 381 g/mol. The molecule has 3 rings (SSSR count). The third-order valence-corrected chi connectivity index (χ3v) is 4.67. The van der Waals surface area contributed by atoms with Crippen molar-refractivity contribution >= 4 is 35.1 Å². The number of aliphatic hydroxyl groups is 1. The molecule has 29 heavy (non-hydrogen) atoms. The number of amides is 2. The molecule has 2 amide bonds. The molecule has 0 bridgehead atoms. The Morgan fingerprint density at radius 3 is 2.72 bits per heavy atom. The summed E-state index contributed by atoms with van der Waals surface area (Å²) in [7, 11) is 0. The summed E-state index contributed by atoms with van der Waals surface area (Å²) in [5.41, 5.74) is 3.17. The first kappa shape index (κ1) is 20.3. The van der Waals surface area contributed by atoms with E-state index in [1.165, 1.54) is 18.2 Å². The Bertz CT molecular complexity index is 1040. The van der Waals surface area contributed by atoms with E-state index in [0.717, 1.165) is 0 Å². The fraction of sp³-hybridized carbons (Fsp3) is 0.250. The van der Waals surface area contributed by atoms with E-state index in [1.54, 1.807) is 19.9 Å². The van der Waals surface area contributed by atoms with Crippen LogP contribution >= 0.6 is 0 Å². The molecule has 1 aromatic carbocycles. The van der Waals surface area contributed by atoms with Crippen LogP contribution in [-0.2, 0) is 9.59 Å². The molecule has 1 unspecified atom stereocenters. The van der Waals surface area contributed by atoms with Crippen molar-refractivity contribution in [1.29, 1.82) is 0 Å². The van der Waals surface area contributed by atoms with Gasteiger partial charge in [0, 0.05) is 29.2 Å². The predicted octanol–water partition coefficient (Wildman–Crippen LogP) is 1.83. The van der Waals surface area contributed by atoms with Crippen LogP contribution in [0.25, 0.3) is 11.6 Å². The molecule has 0 aliphatic carbocycles. The summed E-state index contributed by atoms with van der Waals surface area (Å²) in [6.07, 6.45) is -0.126. The zero-order chi connectivity index (χ0) is 21.3. The Labute approximate surface area is 165 Å². The van der Waals surface area contributed by atoms with Gasteiger partial charge >= 0.3 is 5.97 Å². The van der Waals surface area contributed by atoms with Gasteiger partial charge in [0.2, 0.25) is 0 Å². The second-order valence-corrected chi connectivity index (χ2v) is 6.83. The van der Waals surface area contributed by atoms with E-state index in [9.17, 15) is 23.9 Å². The highest BCUT2D eigenvalue weighted by Crippen LogP contribution is 2.34. The monoisotopic (exact) mass is 401 g/mol. The predicted molar refractivity (Wildman–Crippen MR) is 104 cm³/mol. The number of benzene rings is 1. The van der Waals surface area contributed by atoms with Crippen LogP contribution < -0.4 is 10.6 Å². The van der Waals surface area contributed by atoms with Crippen molar-refractivity contribution in [3.8, 4) is 0 Å². The van der Waals surface area contributed by atoms with Gasteiger partial charge in [-0.3, -0.25) is 14.4 Å². The van der Waals surface area contributed by atoms with E-state index in [4.69, 9.17) is 5.11 Å². The van der Waals surface area contributed by atoms with Crippen molar-refractivity contribution in [3.05, 3.63) is 52.1 Å². The molecule has 5 N–H and O–H groups in total. The molecule has 1 aromatic heterocycles. The van der Waals surface area contributed by atoms with Crippen LogP contribution in [0.1, 0.15) is 39.3 Å². The first-order valence-corrected chi connectivity index (χ1v) is 8.87. The van der Waals surface area contributed by atoms with Crippen LogP contribution in [0.3, 0.4) is 0 Å². The van der Waals surface area contributed by atoms with E-state index in [-0.39, 0.29) is 18.0 Å². The van der Waals surface area contributed by atoms with Gasteiger partial charge in [-0.1, -0.05) is 0 Å². The number of hydrogen-bond donors (Lipinski definition) is 5. The van der Waals surface area contributed by atoms with Gasteiger partial charge in [-0.25, -0.2) is 4.39 Å². The van der Waals surface area contributed by atoms with Crippen molar-refractivity contribution < 1.29 is 29.0 Å². The topological polar surface area (TPSA) is 132 Å². The molecule has 1 aliphatic heterocycles. The number of carbonyl (C=O) groups excluding carboxylic acids is 2. The Balaban J connectivity index is 1.86. The molecule has 2 heterocycles. The maximum atomic E-state index is 13.6. The number of nitrogens with one attached hydrogen (secondary N) is 3. The fourth-order valence-electron chi connectivity index (χ4n) is 3.28. The molecular formula is C20H20FN3O5. The lowest BCUT2D eigenvalue weighted by Crippen LogP contribution is -2.33. The fourth-order valence-corrected chi connectivity index (χ4v) is 3.28. The summed E-state index contributed by atoms with van der Waals surface area (Å²) >= 11 is 0. The van der Waals surface area contributed by atoms with Crippen molar-refractivity contribution in [2.45, 2.75) is 26.4 Å². The highest BCUT2D eigenvalue weighted by molar-refractivity contribution is 6.34. The normalized spacial score (nSPS) is 15.2. The van der Waals surface area contributed by atoms with Crippen molar-refractivity contribution in [2.75, 3.05) is 11.9 Å². The van der Waals surface area contributed by atoms with Gasteiger partial charge in [0.25, 0.3) is 11.8 Å². The maximum absolute atomic E-state index is 13.6. The minimum atomic E-state index is -1.20. The van der Waals surface area contributed by atoms with Crippen LogP contribution in [-0.4, -0.2) is 45.6 Å². The van der Waals surface area contributed by atoms with Gasteiger partial charge < -0.3 is 25.8 Å². The molecule has 0 radical (unpaired) electrons. The number of hydrogen-bond acceptors (Lipinski definition) is 4. The Morgan fingerprint density at radius 2 is 2.03 bits per heavy atom. The average molecular weight is 401 g/mol. The van der Waals surface area contributed by atoms with Crippen LogP contribution in [0.2, 0.25) is 0 Å². The molecule has 1 aliphatic rings. The van der Waals surface area contributed by atoms with Gasteiger partial charge in [-0.15, -0.1) is 0 Å². The molecule has 0 saturated heterocycles. The number of carboxylic acids is 1. The first-order chi connectivity index (χ1) is 13.7. The van der Waals surface area contributed by atoms with Gasteiger partial charge in [0.05, 0.1) is 23.7 Å². The second kappa shape index (κ2) is 7.88. The average Bonchev–Trinajstić information content (AvgIpc) is 3.08. The third-order valence-electron chi connectivity index (χ3n) is 4.67. The number of rotatable bonds is 6. The molecule has 2 aromatic rings. The SMILES string of the molecule is Cc1[nH]c(/C=C2\C(=O)Nc3ccc(F)cc32)c(C)c1C(=O)NCC(O)CC(=O)O. The maximum Gasteiger partial charge on any atom is 0.306 e. The van der Waals surface area contributed by atoms with Crippen molar-refractivity contribution in [3.63, 3.8) is 0 Å². The number of aryl methyl sites for hydroxylation is 1. The van der Waals surface area contributed by atoms with Gasteiger partial charge in [0.1, 0.15) is 5.82 Å². The lowest BCUT2D eigenvalue weighted by atomic mass is 10.0. The minimum Gasteiger partial charge on any atom is -0.481 e. The van der Waals surface area contributed by atoms with Crippen LogP contribution in [0.15, 0.2) is 18.2 Å². The van der Waals surface area contributed by atoms with Crippen molar-refractivity contribution in [1.82, 2.24) is 10.3 Å². The van der Waals surface area contributed by atoms with Crippen molar-refractivity contribution in [2.24, 2.45) is 0 Å². The number of H-pyrrole nitrogens is 1. The Hall–Kier alpha value is -3.46. The van der Waals surface area contributed by atoms with E-state index in [0.29, 0.717) is 33.8 Å². The highest BCUT2D eigenvalue weighted by Gasteiger charge is 2.26. The first-order valence-electron chi connectivity index (χ1n) is 8.87. The summed E-state index contributed by atoms with van der Waals surface area (Å²) in [4.78, 5) is 38.4. The molecule has 152 valence electrons. The molecule has 1 atom stereocenters. The molecule has 0 saturated carbocycles. The zero-order valence-electron chi connectivity index (χ0n) is 15.8. The largest absolute Gasteiger partial charge is 0.481 e. The number of carbonyl (C=O) groups is 3. The summed E-state index contributed by atoms with van der Waals surface area (Å²) in [6, 6.07) is 4.01. The summed E-state index contributed by atoms with van der Waals surface area (Å²) in [5, 5.41) is 23.4. The standard InChI is InChI=1S/C20H20FN3O5/c1-9-16(7-14-13-5-11(21)3-4-15(13)24-19(14)28)23-10(2)18(9)20(29)22-8-12(25)6-17(26)27/h3-5,7,12,23,25H,6,8H2,1-2H3,(H,22,29)(H,24,28)(H,26,27)/b14-7-. The van der Waals surface area contributed by atoms with Crippen LogP contribution in [0.4, 0.5) is 10.1 Å². The number of carboxylic acid groups (broad SMARTS) is 1. The van der Waals surface area contributed by atoms with E-state index in [2.05, 4.69) is 15.6 Å². The number of halogens is 1. The third kappa shape index (κ3) is 4.19. The Kier molecular flexibility index (Phi) is 5.51. The van der Waals surface area contributed by atoms with Gasteiger partial charge in [-0.05, 0) is 43.7 Å². The number of aliphatic hydroxyl groups excluding tert-OH is 1. The van der Waals surface area contributed by atoms with E-state index in [1.807, 2.05) is 0 Å². The van der Waals surface area contributed by atoms with Gasteiger partial charge in [0.15, 0.2) is 0 Å². The summed E-state index contributed by atoms with van der Waals surface area (Å²) in [6.45, 7) is 3.17. The lowest BCUT2D eigenvalue weighted by molar-refractivity contribution is -0.139. The quantitative estimate of drug-likeness (QED) is 0.471. The van der Waals surface area contributed by atoms with Gasteiger partial charge in [-0.2, -0.15) is 0 Å². The van der Waals surface area contributed by atoms with E-state index >= 15 is 0 Å². The lowest BCUT2D eigenvalue weighted by Gasteiger charge is -2.10. The smallest absolute Gasteiger partial charge is 0.306 e. The minimum absolute atomic E-state index is 0.208. The number of aliphatic carboxylic acids is 1. The number of aromatic amines is 1. The number of anilines is 1. The molecule has 0 fully saturated rings. The molecule has 8 nitrogen and oxygen atoms in total. The molecule has 9 heteroatoms. The summed E-state index contributed by atoms with van der Waals surface area (Å²) < 4.78 is 13.6. The van der Waals surface area contributed by atoms with Crippen LogP contribution in [0, 0.1) is 19.7 Å². The highest BCUT2D eigenvalue weighted by atomic mass is 19.1. The summed E-state index contributed by atoms with van der Waals surface area (Å²) in [5.74, 6) is -2.49. The van der Waals surface area contributed by atoms with Crippen LogP contribution in [0.5, 0.6) is 0 Å². The number of aromatic nitrogens is 1. The Morgan fingerprint density at radius 1 is 1.31 bits per heavy atom. The second-order valence-electron chi connectivity index (χ2n) is 6.83. The van der Waals surface area contributed by atoms with E-state index < -0.39 is 30.2 Å².